The first-order valence-corrected chi connectivity index (χ1v) is 25.4. The Morgan fingerprint density at radius 1 is 0.431 bits per heavy atom. The zero-order valence-electron chi connectivity index (χ0n) is 38.5. The van der Waals surface area contributed by atoms with Gasteiger partial charge in [-0.05, 0) is 70.6 Å². The number of allylic oxidation sites excluding steroid dienone is 6. The number of amides is 1. The number of nitrogens with one attached hydrogen (secondary N) is 1. The maximum Gasteiger partial charge on any atom is 0.249 e. The van der Waals surface area contributed by atoms with Crippen LogP contribution < -0.4 is 5.32 Å². The first-order chi connectivity index (χ1) is 28.5. The van der Waals surface area contributed by atoms with Gasteiger partial charge in [0.25, 0.3) is 0 Å². The Morgan fingerprint density at radius 2 is 0.759 bits per heavy atom. The Hall–Kier alpha value is -1.47. The van der Waals surface area contributed by atoms with Crippen LogP contribution in [0.2, 0.25) is 0 Å². The van der Waals surface area contributed by atoms with Crippen molar-refractivity contribution in [2.45, 2.75) is 282 Å². The van der Waals surface area contributed by atoms with E-state index < -0.39 is 36.9 Å². The molecule has 5 N–H and O–H groups in total. The molecular formula is C52H99NO5. The molecule has 4 atom stereocenters. The highest BCUT2D eigenvalue weighted by molar-refractivity contribution is 5.80. The lowest BCUT2D eigenvalue weighted by Crippen LogP contribution is -2.53. The van der Waals surface area contributed by atoms with Crippen LogP contribution in [-0.2, 0) is 4.79 Å². The van der Waals surface area contributed by atoms with Crippen molar-refractivity contribution in [2.24, 2.45) is 0 Å². The summed E-state index contributed by atoms with van der Waals surface area (Å²) in [5, 5.41) is 43.7. The number of hydrogen-bond acceptors (Lipinski definition) is 5. The van der Waals surface area contributed by atoms with E-state index in [1.54, 1.807) is 0 Å². The molecule has 0 radical (unpaired) electrons. The molecule has 0 aliphatic heterocycles. The van der Waals surface area contributed by atoms with Crippen LogP contribution in [0.25, 0.3) is 0 Å². The Kier molecular flexibility index (Phi) is 45.4. The van der Waals surface area contributed by atoms with Gasteiger partial charge in [0.05, 0.1) is 18.8 Å². The van der Waals surface area contributed by atoms with E-state index in [0.717, 1.165) is 44.9 Å². The summed E-state index contributed by atoms with van der Waals surface area (Å²) in [6.45, 7) is 4.04. The van der Waals surface area contributed by atoms with E-state index in [-0.39, 0.29) is 0 Å². The van der Waals surface area contributed by atoms with Crippen molar-refractivity contribution >= 4 is 5.91 Å². The predicted octanol–water partition coefficient (Wildman–Crippen LogP) is 14.1. The Morgan fingerprint density at radius 3 is 1.14 bits per heavy atom. The molecule has 58 heavy (non-hydrogen) atoms. The zero-order chi connectivity index (χ0) is 42.4. The summed E-state index contributed by atoms with van der Waals surface area (Å²) >= 11 is 0. The summed E-state index contributed by atoms with van der Waals surface area (Å²) < 4.78 is 0. The normalized spacial score (nSPS) is 14.2. The van der Waals surface area contributed by atoms with Gasteiger partial charge in [0.15, 0.2) is 0 Å². The van der Waals surface area contributed by atoms with Crippen LogP contribution >= 0.6 is 0 Å². The Bertz CT molecular complexity index is 919. The summed E-state index contributed by atoms with van der Waals surface area (Å²) in [4.78, 5) is 12.5. The van der Waals surface area contributed by atoms with Crippen molar-refractivity contribution in [1.29, 1.82) is 0 Å². The van der Waals surface area contributed by atoms with E-state index in [1.165, 1.54) is 186 Å². The van der Waals surface area contributed by atoms with Gasteiger partial charge in [-0.25, -0.2) is 0 Å². The van der Waals surface area contributed by atoms with Crippen LogP contribution in [0.3, 0.4) is 0 Å². The van der Waals surface area contributed by atoms with Gasteiger partial charge in [-0.3, -0.25) is 4.79 Å². The van der Waals surface area contributed by atoms with E-state index in [0.29, 0.717) is 12.8 Å². The fraction of sp³-hybridized carbons (Fsp3) is 0.865. The van der Waals surface area contributed by atoms with Crippen LogP contribution in [-0.4, -0.2) is 57.3 Å². The molecule has 1 amide bonds. The maximum atomic E-state index is 12.5. The molecule has 0 aliphatic rings. The van der Waals surface area contributed by atoms with Crippen LogP contribution in [0.4, 0.5) is 0 Å². The quantitative estimate of drug-likeness (QED) is 0.0310. The van der Waals surface area contributed by atoms with Crippen molar-refractivity contribution in [3.8, 4) is 0 Å². The van der Waals surface area contributed by atoms with Gasteiger partial charge < -0.3 is 25.7 Å². The smallest absolute Gasteiger partial charge is 0.249 e. The van der Waals surface area contributed by atoms with Gasteiger partial charge in [-0.15, -0.1) is 0 Å². The minimum Gasteiger partial charge on any atom is -0.394 e. The zero-order valence-corrected chi connectivity index (χ0v) is 38.5. The molecule has 0 aromatic rings. The number of aliphatic hydroxyl groups excluding tert-OH is 4. The van der Waals surface area contributed by atoms with Crippen LogP contribution in [0, 0.1) is 0 Å². The largest absolute Gasteiger partial charge is 0.394 e. The van der Waals surface area contributed by atoms with E-state index in [2.05, 4.69) is 55.6 Å². The van der Waals surface area contributed by atoms with Crippen LogP contribution in [0.5, 0.6) is 0 Å². The summed E-state index contributed by atoms with van der Waals surface area (Å²) in [5.41, 5.74) is 0. The molecule has 0 fully saturated rings. The SMILES string of the molecule is CCCCCCCCCCC/C=C\C/C=C\CCCCCCCCCCCCCCC(O)C(=O)NC(CO)C(O)C(O)CCC/C=C/CCCCCCCCCCC. The molecule has 6 heteroatoms. The number of aliphatic hydroxyl groups is 4. The number of carbonyl (C=O) groups is 1. The maximum absolute atomic E-state index is 12.5. The topological polar surface area (TPSA) is 110 Å². The molecule has 0 rings (SSSR count). The lowest BCUT2D eigenvalue weighted by atomic mass is 10.00. The van der Waals surface area contributed by atoms with Gasteiger partial charge in [0, 0.05) is 0 Å². The standard InChI is InChI=1S/C52H99NO5/c1-3-5-7-9-11-13-15-17-19-20-21-22-23-24-25-26-27-28-29-30-31-32-34-36-38-40-42-44-46-50(56)52(58)53-48(47-54)51(57)49(55)45-43-41-39-37-35-33-18-16-14-12-10-8-6-4-2/h21-22,24-25,37,39,48-51,54-57H,3-20,23,26-36,38,40-47H2,1-2H3,(H,53,58)/b22-21-,25-24-,39-37+. The van der Waals surface area contributed by atoms with Crippen molar-refractivity contribution in [2.75, 3.05) is 6.61 Å². The molecule has 342 valence electrons. The van der Waals surface area contributed by atoms with Gasteiger partial charge >= 0.3 is 0 Å². The second-order valence-corrected chi connectivity index (χ2v) is 17.5. The van der Waals surface area contributed by atoms with Gasteiger partial charge in [-0.2, -0.15) is 0 Å². The second kappa shape index (κ2) is 46.6. The van der Waals surface area contributed by atoms with Gasteiger partial charge in [0.2, 0.25) is 5.91 Å². The van der Waals surface area contributed by atoms with Crippen molar-refractivity contribution < 1.29 is 25.2 Å². The Balaban J connectivity index is 3.67. The minimum absolute atomic E-state index is 0.361. The molecule has 0 saturated carbocycles. The number of carbonyl (C=O) groups excluding carboxylic acids is 1. The molecule has 0 aromatic carbocycles. The first-order valence-electron chi connectivity index (χ1n) is 25.4. The summed E-state index contributed by atoms with van der Waals surface area (Å²) in [6, 6.07) is -1.00. The lowest BCUT2D eigenvalue weighted by molar-refractivity contribution is -0.132. The molecule has 0 aromatic heterocycles. The third kappa shape index (κ3) is 40.0. The average molecular weight is 818 g/mol. The molecular weight excluding hydrogens is 719 g/mol. The molecule has 0 heterocycles. The van der Waals surface area contributed by atoms with Crippen molar-refractivity contribution in [1.82, 2.24) is 5.32 Å². The van der Waals surface area contributed by atoms with E-state index in [1.807, 2.05) is 0 Å². The highest BCUT2D eigenvalue weighted by Gasteiger charge is 2.28. The summed E-state index contributed by atoms with van der Waals surface area (Å²) in [5.74, 6) is -0.594. The van der Waals surface area contributed by atoms with E-state index >= 15 is 0 Å². The minimum atomic E-state index is -1.28. The molecule has 0 spiro atoms. The fourth-order valence-electron chi connectivity index (χ4n) is 7.79. The molecule has 0 bridgehead atoms. The monoisotopic (exact) mass is 818 g/mol. The third-order valence-corrected chi connectivity index (χ3v) is 11.8. The van der Waals surface area contributed by atoms with E-state index in [9.17, 15) is 25.2 Å². The van der Waals surface area contributed by atoms with E-state index in [4.69, 9.17) is 0 Å². The lowest BCUT2D eigenvalue weighted by Gasteiger charge is -2.27. The van der Waals surface area contributed by atoms with Crippen molar-refractivity contribution in [3.05, 3.63) is 36.5 Å². The first kappa shape index (κ1) is 56.5. The van der Waals surface area contributed by atoms with Gasteiger partial charge in [-0.1, -0.05) is 224 Å². The number of rotatable bonds is 46. The summed E-state index contributed by atoms with van der Waals surface area (Å²) in [7, 11) is 0. The fourth-order valence-corrected chi connectivity index (χ4v) is 7.79. The second-order valence-electron chi connectivity index (χ2n) is 17.5. The van der Waals surface area contributed by atoms with Crippen LogP contribution in [0.1, 0.15) is 258 Å². The number of unbranched alkanes of at least 4 members (excludes halogenated alkanes) is 31. The molecule has 6 nitrogen and oxygen atoms in total. The molecule has 0 aliphatic carbocycles. The van der Waals surface area contributed by atoms with Crippen molar-refractivity contribution in [3.63, 3.8) is 0 Å². The summed E-state index contributed by atoms with van der Waals surface area (Å²) in [6.07, 6.45) is 56.3. The highest BCUT2D eigenvalue weighted by atomic mass is 16.3. The third-order valence-electron chi connectivity index (χ3n) is 11.8. The molecule has 4 unspecified atom stereocenters. The van der Waals surface area contributed by atoms with Crippen LogP contribution in [0.15, 0.2) is 36.5 Å². The van der Waals surface area contributed by atoms with Gasteiger partial charge in [0.1, 0.15) is 12.2 Å². The Labute approximate surface area is 360 Å². The molecule has 0 saturated heterocycles. The highest BCUT2D eigenvalue weighted by Crippen LogP contribution is 2.16. The average Bonchev–Trinajstić information content (AvgIpc) is 3.23. The predicted molar refractivity (Wildman–Crippen MR) is 251 cm³/mol. The number of hydrogen-bond donors (Lipinski definition) is 5.